The van der Waals surface area contributed by atoms with Gasteiger partial charge in [0.2, 0.25) is 0 Å². The van der Waals surface area contributed by atoms with E-state index in [0.29, 0.717) is 25.5 Å². The van der Waals surface area contributed by atoms with Crippen molar-refractivity contribution in [3.05, 3.63) is 50.0 Å². The number of halogens is 1. The van der Waals surface area contributed by atoms with E-state index in [1.165, 1.54) is 0 Å². The molecule has 1 atom stereocenters. The van der Waals surface area contributed by atoms with Gasteiger partial charge in [0.05, 0.1) is 18.3 Å². The van der Waals surface area contributed by atoms with Crippen LogP contribution in [0.5, 0.6) is 0 Å². The van der Waals surface area contributed by atoms with E-state index >= 15 is 0 Å². The fourth-order valence-electron chi connectivity index (χ4n) is 2.96. The zero-order valence-corrected chi connectivity index (χ0v) is 17.5. The van der Waals surface area contributed by atoms with E-state index in [0.717, 1.165) is 27.0 Å². The highest BCUT2D eigenvalue weighted by atomic mass is 79.9. The van der Waals surface area contributed by atoms with Gasteiger partial charge in [-0.25, -0.2) is 4.98 Å². The molecule has 1 unspecified atom stereocenters. The van der Waals surface area contributed by atoms with Gasteiger partial charge in [-0.1, -0.05) is 15.9 Å². The molecule has 0 bridgehead atoms. The molecule has 1 aromatic carbocycles. The Kier molecular flexibility index (Phi) is 7.37. The Hall–Kier alpha value is -1.70. The molecule has 0 aliphatic heterocycles. The van der Waals surface area contributed by atoms with Crippen LogP contribution < -0.4 is 10.9 Å². The van der Waals surface area contributed by atoms with Crippen LogP contribution in [0.2, 0.25) is 0 Å². The predicted octanol–water partition coefficient (Wildman–Crippen LogP) is 3.90. The molecule has 2 rings (SSSR count). The minimum atomic E-state index is -0.171. The lowest BCUT2D eigenvalue weighted by Crippen LogP contribution is -2.31. The second-order valence-electron chi connectivity index (χ2n) is 6.37. The van der Waals surface area contributed by atoms with Crippen molar-refractivity contribution in [2.75, 3.05) is 32.8 Å². The van der Waals surface area contributed by atoms with Crippen molar-refractivity contribution in [1.29, 1.82) is 0 Å². The first-order valence-electron chi connectivity index (χ1n) is 8.48. The predicted molar refractivity (Wildman–Crippen MR) is 108 cm³/mol. The van der Waals surface area contributed by atoms with E-state index in [4.69, 9.17) is 9.47 Å². The van der Waals surface area contributed by atoms with Crippen LogP contribution in [0.4, 0.5) is 11.5 Å². The maximum Gasteiger partial charge on any atom is 0.294 e. The molecule has 0 fully saturated rings. The fraction of sp³-hybridized carbons (Fsp3) is 0.474. The van der Waals surface area contributed by atoms with Gasteiger partial charge in [0.15, 0.2) is 5.82 Å². The Morgan fingerprint density at radius 1 is 1.19 bits per heavy atom. The third kappa shape index (κ3) is 4.93. The van der Waals surface area contributed by atoms with E-state index in [9.17, 15) is 4.79 Å². The van der Waals surface area contributed by atoms with E-state index < -0.39 is 0 Å². The van der Waals surface area contributed by atoms with Crippen molar-refractivity contribution in [2.45, 2.75) is 33.2 Å². The Balaban J connectivity index is 2.45. The molecule has 0 aliphatic carbocycles. The molecular formula is C19H26BrN3O3. The maximum atomic E-state index is 13.0. The Labute approximate surface area is 162 Å². The van der Waals surface area contributed by atoms with Crippen molar-refractivity contribution < 1.29 is 9.47 Å². The van der Waals surface area contributed by atoms with Crippen LogP contribution in [-0.4, -0.2) is 37.0 Å². The molecule has 1 heterocycles. The van der Waals surface area contributed by atoms with Crippen molar-refractivity contribution in [2.24, 2.45) is 0 Å². The van der Waals surface area contributed by atoms with Gasteiger partial charge in [0.1, 0.15) is 0 Å². The van der Waals surface area contributed by atoms with Crippen LogP contribution in [0.3, 0.4) is 0 Å². The molecule has 0 saturated heterocycles. The summed E-state index contributed by atoms with van der Waals surface area (Å²) in [6, 6.07) is 3.91. The number of anilines is 2. The lowest BCUT2D eigenvalue weighted by atomic mass is 10.1. The summed E-state index contributed by atoms with van der Waals surface area (Å²) in [5.41, 5.74) is 3.57. The van der Waals surface area contributed by atoms with E-state index in [-0.39, 0.29) is 11.6 Å². The van der Waals surface area contributed by atoms with Crippen molar-refractivity contribution in [3.8, 4) is 0 Å². The monoisotopic (exact) mass is 423 g/mol. The summed E-state index contributed by atoms with van der Waals surface area (Å²) < 4.78 is 13.2. The number of methoxy groups -OCH3 is 2. The van der Waals surface area contributed by atoms with E-state index in [2.05, 4.69) is 26.2 Å². The van der Waals surface area contributed by atoms with Crippen LogP contribution >= 0.6 is 15.9 Å². The minimum Gasteiger partial charge on any atom is -0.385 e. The highest BCUT2D eigenvalue weighted by Gasteiger charge is 2.17. The van der Waals surface area contributed by atoms with Crippen LogP contribution in [0.15, 0.2) is 27.6 Å². The normalized spacial score (nSPS) is 12.2. The summed E-state index contributed by atoms with van der Waals surface area (Å²) in [4.78, 5) is 17.5. The zero-order valence-electron chi connectivity index (χ0n) is 15.9. The zero-order chi connectivity index (χ0) is 19.3. The number of hydrogen-bond donors (Lipinski definition) is 1. The molecule has 142 valence electrons. The van der Waals surface area contributed by atoms with E-state index in [1.54, 1.807) is 25.0 Å². The van der Waals surface area contributed by atoms with Gasteiger partial charge in [-0.15, -0.1) is 0 Å². The van der Waals surface area contributed by atoms with Crippen molar-refractivity contribution in [1.82, 2.24) is 9.55 Å². The first-order valence-corrected chi connectivity index (χ1v) is 9.28. The smallest absolute Gasteiger partial charge is 0.294 e. The number of ether oxygens (including phenoxy) is 2. The molecular weight excluding hydrogens is 398 g/mol. The maximum absolute atomic E-state index is 13.0. The molecule has 1 N–H and O–H groups in total. The SMILES string of the molecule is COCCC(COC)n1cc(C)nc(Nc2c(C)cc(Br)cc2C)c1=O. The molecule has 0 amide bonds. The van der Waals surface area contributed by atoms with E-state index in [1.807, 2.05) is 32.9 Å². The third-order valence-corrected chi connectivity index (χ3v) is 4.66. The number of benzene rings is 1. The lowest BCUT2D eigenvalue weighted by molar-refractivity contribution is 0.119. The van der Waals surface area contributed by atoms with Gasteiger partial charge in [-0.2, -0.15) is 0 Å². The molecule has 6 nitrogen and oxygen atoms in total. The van der Waals surface area contributed by atoms with Gasteiger partial charge in [0, 0.05) is 37.2 Å². The molecule has 0 saturated carbocycles. The number of aryl methyl sites for hydroxylation is 3. The molecule has 0 aliphatic rings. The number of nitrogens with one attached hydrogen (secondary N) is 1. The standard InChI is InChI=1S/C19H26BrN3O3/c1-12-8-15(20)9-13(2)17(12)22-18-19(24)23(10-14(3)21-18)16(11-26-5)6-7-25-4/h8-10,16H,6-7,11H2,1-5H3,(H,21,22). The third-order valence-electron chi connectivity index (χ3n) is 4.20. The summed E-state index contributed by atoms with van der Waals surface area (Å²) in [5, 5.41) is 3.23. The molecule has 26 heavy (non-hydrogen) atoms. The van der Waals surface area contributed by atoms with Gasteiger partial charge < -0.3 is 19.4 Å². The topological polar surface area (TPSA) is 65.4 Å². The lowest BCUT2D eigenvalue weighted by Gasteiger charge is -2.21. The quantitative estimate of drug-likeness (QED) is 0.697. The average Bonchev–Trinajstić information content (AvgIpc) is 2.57. The van der Waals surface area contributed by atoms with Crippen LogP contribution in [-0.2, 0) is 9.47 Å². The van der Waals surface area contributed by atoms with Gasteiger partial charge in [-0.3, -0.25) is 4.79 Å². The Morgan fingerprint density at radius 3 is 2.42 bits per heavy atom. The summed E-state index contributed by atoms with van der Waals surface area (Å²) >= 11 is 3.50. The number of hydrogen-bond acceptors (Lipinski definition) is 5. The molecule has 2 aromatic rings. The summed E-state index contributed by atoms with van der Waals surface area (Å²) in [5.74, 6) is 0.317. The number of rotatable bonds is 8. The van der Waals surface area contributed by atoms with Crippen molar-refractivity contribution >= 4 is 27.4 Å². The van der Waals surface area contributed by atoms with Gasteiger partial charge in [0.25, 0.3) is 5.56 Å². The first-order chi connectivity index (χ1) is 12.4. The second-order valence-corrected chi connectivity index (χ2v) is 7.29. The molecule has 7 heteroatoms. The van der Waals surface area contributed by atoms with Crippen molar-refractivity contribution in [3.63, 3.8) is 0 Å². The molecule has 1 aromatic heterocycles. The molecule has 0 spiro atoms. The van der Waals surface area contributed by atoms with Crippen LogP contribution in [0.1, 0.15) is 29.3 Å². The summed E-state index contributed by atoms with van der Waals surface area (Å²) in [6.45, 7) is 6.86. The Morgan fingerprint density at radius 2 is 1.85 bits per heavy atom. The van der Waals surface area contributed by atoms with Crippen LogP contribution in [0.25, 0.3) is 0 Å². The fourth-order valence-corrected chi connectivity index (χ4v) is 3.65. The summed E-state index contributed by atoms with van der Waals surface area (Å²) in [7, 11) is 3.28. The Bertz CT molecular complexity index is 797. The molecule has 0 radical (unpaired) electrons. The minimum absolute atomic E-state index is 0.109. The van der Waals surface area contributed by atoms with Gasteiger partial charge >= 0.3 is 0 Å². The number of aromatic nitrogens is 2. The highest BCUT2D eigenvalue weighted by Crippen LogP contribution is 2.27. The first kappa shape index (κ1) is 20.6. The number of nitrogens with zero attached hydrogens (tertiary/aromatic N) is 2. The summed E-state index contributed by atoms with van der Waals surface area (Å²) in [6.07, 6.45) is 2.46. The van der Waals surface area contributed by atoms with Crippen LogP contribution in [0, 0.1) is 20.8 Å². The highest BCUT2D eigenvalue weighted by molar-refractivity contribution is 9.10. The second kappa shape index (κ2) is 9.30. The largest absolute Gasteiger partial charge is 0.385 e. The average molecular weight is 424 g/mol. The van der Waals surface area contributed by atoms with Gasteiger partial charge in [-0.05, 0) is 50.5 Å².